The number of ether oxygens (including phenoxy) is 1. The van der Waals surface area contributed by atoms with Crippen LogP contribution in [0.15, 0.2) is 52.1 Å². The highest BCUT2D eigenvalue weighted by molar-refractivity contribution is 9.10. The van der Waals surface area contributed by atoms with E-state index in [9.17, 15) is 4.39 Å². The van der Waals surface area contributed by atoms with Gasteiger partial charge >= 0.3 is 0 Å². The number of rotatable bonds is 0. The van der Waals surface area contributed by atoms with Crippen LogP contribution in [0.4, 0.5) is 4.39 Å². The Hall–Kier alpha value is -2.51. The molecule has 1 unspecified atom stereocenters. The zero-order chi connectivity index (χ0) is 18.1. The molecular weight excluding hydrogens is 423 g/mol. The summed E-state index contributed by atoms with van der Waals surface area (Å²) in [6, 6.07) is 10.7. The van der Waals surface area contributed by atoms with Crippen molar-refractivity contribution in [3.63, 3.8) is 0 Å². The van der Waals surface area contributed by atoms with Crippen molar-refractivity contribution in [2.24, 2.45) is 10.7 Å². The number of nitrogens with zero attached hydrogens (tertiary/aromatic N) is 3. The van der Waals surface area contributed by atoms with Gasteiger partial charge in [-0.25, -0.2) is 9.98 Å². The molecule has 5 nitrogen and oxygen atoms in total. The number of hydrogen-bond donors (Lipinski definition) is 1. The van der Waals surface area contributed by atoms with Gasteiger partial charge in [0.2, 0.25) is 0 Å². The van der Waals surface area contributed by atoms with Crippen LogP contribution in [-0.4, -0.2) is 15.8 Å². The van der Waals surface area contributed by atoms with Crippen molar-refractivity contribution in [3.8, 4) is 11.5 Å². The van der Waals surface area contributed by atoms with Gasteiger partial charge in [-0.1, -0.05) is 33.6 Å². The first-order chi connectivity index (χ1) is 12.5. The summed E-state index contributed by atoms with van der Waals surface area (Å²) >= 11 is 9.54. The monoisotopic (exact) mass is 430 g/mol. The maximum atomic E-state index is 14.6. The fraction of sp³-hybridized carbons (Fsp3) is 0.0556. The van der Waals surface area contributed by atoms with Gasteiger partial charge in [0.25, 0.3) is 5.95 Å². The Balaban J connectivity index is 1.97. The van der Waals surface area contributed by atoms with Crippen molar-refractivity contribution < 1.29 is 9.13 Å². The molecular formula is C18H9BrClFN4O. The Kier molecular flexibility index (Phi) is 3.17. The standard InChI is InChI=1S/C18H9BrClFN4O/c19-8-3-4-12-10(6-8)18(9-2-1-5-23-14(9)17(22)25-18)11-7-13(20)24-16(21)15(11)26-12/h1-7H,(H2,22,25). The molecule has 5 rings (SSSR count). The predicted molar refractivity (Wildman–Crippen MR) is 98.3 cm³/mol. The van der Waals surface area contributed by atoms with Gasteiger partial charge in [-0.2, -0.15) is 4.39 Å². The van der Waals surface area contributed by atoms with Crippen molar-refractivity contribution in [1.29, 1.82) is 0 Å². The number of fused-ring (bicyclic) bond motifs is 6. The lowest BCUT2D eigenvalue weighted by Crippen LogP contribution is -2.30. The lowest BCUT2D eigenvalue weighted by atomic mass is 9.76. The minimum Gasteiger partial charge on any atom is -0.452 e. The van der Waals surface area contributed by atoms with E-state index in [4.69, 9.17) is 27.1 Å². The highest BCUT2D eigenvalue weighted by Gasteiger charge is 2.50. The smallest absolute Gasteiger partial charge is 0.257 e. The summed E-state index contributed by atoms with van der Waals surface area (Å²) in [4.78, 5) is 12.8. The van der Waals surface area contributed by atoms with Crippen molar-refractivity contribution >= 4 is 33.4 Å². The summed E-state index contributed by atoms with van der Waals surface area (Å²) in [7, 11) is 0. The van der Waals surface area contributed by atoms with E-state index in [0.29, 0.717) is 17.0 Å². The van der Waals surface area contributed by atoms with Crippen LogP contribution in [0.3, 0.4) is 0 Å². The van der Waals surface area contributed by atoms with Gasteiger partial charge in [0.15, 0.2) is 5.75 Å². The molecule has 0 amide bonds. The Morgan fingerprint density at radius 2 is 2.00 bits per heavy atom. The average Bonchev–Trinajstić information content (AvgIpc) is 2.91. The quantitative estimate of drug-likeness (QED) is 0.543. The van der Waals surface area contributed by atoms with Crippen LogP contribution in [0.25, 0.3) is 0 Å². The maximum Gasteiger partial charge on any atom is 0.257 e. The Morgan fingerprint density at radius 3 is 2.85 bits per heavy atom. The van der Waals surface area contributed by atoms with Gasteiger partial charge in [0.05, 0.1) is 0 Å². The van der Waals surface area contributed by atoms with Crippen LogP contribution < -0.4 is 10.5 Å². The molecule has 0 fully saturated rings. The van der Waals surface area contributed by atoms with E-state index >= 15 is 0 Å². The molecule has 1 spiro atoms. The highest BCUT2D eigenvalue weighted by Crippen LogP contribution is 2.56. The number of benzene rings is 1. The average molecular weight is 432 g/mol. The van der Waals surface area contributed by atoms with Crippen LogP contribution in [-0.2, 0) is 5.54 Å². The van der Waals surface area contributed by atoms with Crippen molar-refractivity contribution in [2.45, 2.75) is 5.54 Å². The molecule has 128 valence electrons. The summed E-state index contributed by atoms with van der Waals surface area (Å²) in [5.41, 5.74) is 7.52. The Bertz CT molecular complexity index is 1140. The Morgan fingerprint density at radius 1 is 1.15 bits per heavy atom. The van der Waals surface area contributed by atoms with E-state index in [1.165, 1.54) is 0 Å². The maximum absolute atomic E-state index is 14.6. The number of halogens is 3. The fourth-order valence-corrected chi connectivity index (χ4v) is 4.12. The van der Waals surface area contributed by atoms with Gasteiger partial charge in [-0.3, -0.25) is 4.98 Å². The van der Waals surface area contributed by atoms with Gasteiger partial charge in [0.1, 0.15) is 28.0 Å². The molecule has 2 aromatic heterocycles. The number of aliphatic imine (C=N–C) groups is 1. The number of nitrogens with two attached hydrogens (primary N) is 1. The molecule has 1 atom stereocenters. The molecule has 0 saturated heterocycles. The van der Waals surface area contributed by atoms with Crippen LogP contribution in [0.1, 0.15) is 22.4 Å². The van der Waals surface area contributed by atoms with Gasteiger partial charge in [-0.15, -0.1) is 0 Å². The molecule has 0 aliphatic carbocycles. The third kappa shape index (κ3) is 1.92. The molecule has 2 aliphatic rings. The zero-order valence-electron chi connectivity index (χ0n) is 13.0. The molecule has 3 aromatic rings. The van der Waals surface area contributed by atoms with Gasteiger partial charge in [0, 0.05) is 27.4 Å². The van der Waals surface area contributed by atoms with Crippen molar-refractivity contribution in [3.05, 3.63) is 80.6 Å². The zero-order valence-corrected chi connectivity index (χ0v) is 15.3. The predicted octanol–water partition coefficient (Wildman–Crippen LogP) is 4.15. The molecule has 2 N–H and O–H groups in total. The van der Waals surface area contributed by atoms with Crippen LogP contribution in [0.2, 0.25) is 5.15 Å². The van der Waals surface area contributed by atoms with Crippen LogP contribution in [0, 0.1) is 5.95 Å². The highest BCUT2D eigenvalue weighted by atomic mass is 79.9. The topological polar surface area (TPSA) is 73.4 Å². The van der Waals surface area contributed by atoms with Gasteiger partial charge < -0.3 is 10.5 Å². The van der Waals surface area contributed by atoms with E-state index in [-0.39, 0.29) is 16.7 Å². The molecule has 8 heteroatoms. The summed E-state index contributed by atoms with van der Waals surface area (Å²) in [5, 5.41) is 0.00813. The van der Waals surface area contributed by atoms with Crippen LogP contribution >= 0.6 is 27.5 Å². The molecule has 0 radical (unpaired) electrons. The molecule has 1 aromatic carbocycles. The number of pyridine rings is 2. The summed E-state index contributed by atoms with van der Waals surface area (Å²) in [6.07, 6.45) is 1.64. The minimum atomic E-state index is -1.10. The summed E-state index contributed by atoms with van der Waals surface area (Å²) in [6.45, 7) is 0. The van der Waals surface area contributed by atoms with Crippen molar-refractivity contribution in [1.82, 2.24) is 9.97 Å². The third-order valence-corrected chi connectivity index (χ3v) is 5.25. The minimum absolute atomic E-state index is 0.00813. The second kappa shape index (κ2) is 5.25. The number of aromatic nitrogens is 2. The molecule has 0 bridgehead atoms. The molecule has 2 aliphatic heterocycles. The fourth-order valence-electron chi connectivity index (χ4n) is 3.57. The second-order valence-electron chi connectivity index (χ2n) is 5.96. The normalized spacial score (nSPS) is 19.4. The van der Waals surface area contributed by atoms with E-state index in [1.807, 2.05) is 18.2 Å². The van der Waals surface area contributed by atoms with E-state index in [0.717, 1.165) is 15.6 Å². The van der Waals surface area contributed by atoms with E-state index in [1.54, 1.807) is 24.4 Å². The number of hydrogen-bond acceptors (Lipinski definition) is 5. The Labute approximate surface area is 160 Å². The van der Waals surface area contributed by atoms with Crippen molar-refractivity contribution in [2.75, 3.05) is 0 Å². The first-order valence-corrected chi connectivity index (χ1v) is 8.83. The largest absolute Gasteiger partial charge is 0.452 e. The SMILES string of the molecule is NC1=NC2(c3cc(Br)ccc3Oc3c2cc(Cl)nc3F)c2cccnc21. The second-order valence-corrected chi connectivity index (χ2v) is 7.26. The lowest BCUT2D eigenvalue weighted by molar-refractivity contribution is 0.385. The third-order valence-electron chi connectivity index (χ3n) is 4.56. The summed E-state index contributed by atoms with van der Waals surface area (Å²) in [5.74, 6) is -0.0753. The van der Waals surface area contributed by atoms with Crippen LogP contribution in [0.5, 0.6) is 11.5 Å². The molecule has 26 heavy (non-hydrogen) atoms. The lowest BCUT2D eigenvalue weighted by Gasteiger charge is -2.35. The first-order valence-electron chi connectivity index (χ1n) is 7.66. The summed E-state index contributed by atoms with van der Waals surface area (Å²) < 4.78 is 21.2. The van der Waals surface area contributed by atoms with E-state index in [2.05, 4.69) is 25.9 Å². The van der Waals surface area contributed by atoms with E-state index < -0.39 is 11.5 Å². The molecule has 0 saturated carbocycles. The van der Waals surface area contributed by atoms with Gasteiger partial charge in [-0.05, 0) is 30.3 Å². The molecule has 4 heterocycles. The first kappa shape index (κ1) is 15.7. The number of amidine groups is 1.